The second-order valence-electron chi connectivity index (χ2n) is 8.06. The molecule has 0 radical (unpaired) electrons. The number of carbonyl (C=O) groups is 2. The molecule has 0 atom stereocenters. The fourth-order valence-electron chi connectivity index (χ4n) is 3.68. The number of carbonyl (C=O) groups excluding carboxylic acids is 2. The summed E-state index contributed by atoms with van der Waals surface area (Å²) in [5, 5.41) is 3.48. The van der Waals surface area contributed by atoms with Gasteiger partial charge in [-0.05, 0) is 39.8 Å². The SMILES string of the molecule is C=CCOC(=O)N1CCN(C(C)(C)C(=O)NCC(OCC)(OCC)c2ccc(Cl)cn2)CC1. The Morgan fingerprint density at radius 1 is 1.18 bits per heavy atom. The van der Waals surface area contributed by atoms with Crippen LogP contribution in [-0.2, 0) is 24.8 Å². The number of nitrogens with one attached hydrogen (secondary N) is 1. The Morgan fingerprint density at radius 2 is 1.82 bits per heavy atom. The van der Waals surface area contributed by atoms with Crippen LogP contribution in [0.3, 0.4) is 0 Å². The zero-order chi connectivity index (χ0) is 24.5. The maximum Gasteiger partial charge on any atom is 0.410 e. The van der Waals surface area contributed by atoms with Crippen LogP contribution in [0.5, 0.6) is 0 Å². The molecule has 2 heterocycles. The molecule has 10 heteroatoms. The van der Waals surface area contributed by atoms with Gasteiger partial charge in [-0.1, -0.05) is 24.3 Å². The number of hydrogen-bond acceptors (Lipinski definition) is 7. The zero-order valence-electron chi connectivity index (χ0n) is 19.9. The molecule has 1 saturated heterocycles. The maximum absolute atomic E-state index is 13.2. The Balaban J connectivity index is 2.05. The molecule has 2 rings (SSSR count). The molecule has 1 aromatic heterocycles. The summed E-state index contributed by atoms with van der Waals surface area (Å²) < 4.78 is 17.0. The number of halogens is 1. The highest BCUT2D eigenvalue weighted by atomic mass is 35.5. The van der Waals surface area contributed by atoms with Crippen LogP contribution in [0.2, 0.25) is 5.02 Å². The fourth-order valence-corrected chi connectivity index (χ4v) is 3.79. The Kier molecular flexibility index (Phi) is 10.1. The lowest BCUT2D eigenvalue weighted by atomic mass is 9.99. The number of aromatic nitrogens is 1. The van der Waals surface area contributed by atoms with Crippen LogP contribution in [0.25, 0.3) is 0 Å². The van der Waals surface area contributed by atoms with Crippen molar-refractivity contribution < 1.29 is 23.8 Å². The van der Waals surface area contributed by atoms with Gasteiger partial charge < -0.3 is 24.4 Å². The predicted octanol–water partition coefficient (Wildman–Crippen LogP) is 2.80. The topological polar surface area (TPSA) is 93.2 Å². The third-order valence-corrected chi connectivity index (χ3v) is 5.79. The molecule has 0 bridgehead atoms. The molecule has 1 N–H and O–H groups in total. The summed E-state index contributed by atoms with van der Waals surface area (Å²) in [6.45, 7) is 14.0. The van der Waals surface area contributed by atoms with E-state index in [1.165, 1.54) is 12.3 Å². The quantitative estimate of drug-likeness (QED) is 0.383. The van der Waals surface area contributed by atoms with Crippen molar-refractivity contribution in [1.82, 2.24) is 20.1 Å². The molecular weight excluding hydrogens is 448 g/mol. The Bertz CT molecular complexity index is 789. The van der Waals surface area contributed by atoms with E-state index in [1.807, 2.05) is 32.6 Å². The van der Waals surface area contributed by atoms with E-state index in [0.717, 1.165) is 0 Å². The number of nitrogens with zero attached hydrogens (tertiary/aromatic N) is 3. The maximum atomic E-state index is 13.2. The molecule has 9 nitrogen and oxygen atoms in total. The predicted molar refractivity (Wildman–Crippen MR) is 126 cm³/mol. The van der Waals surface area contributed by atoms with E-state index in [2.05, 4.69) is 16.9 Å². The van der Waals surface area contributed by atoms with E-state index in [-0.39, 0.29) is 25.2 Å². The molecule has 1 aliphatic rings. The Morgan fingerprint density at radius 3 is 2.33 bits per heavy atom. The second kappa shape index (κ2) is 12.3. The number of hydrogen-bond donors (Lipinski definition) is 1. The number of pyridine rings is 1. The van der Waals surface area contributed by atoms with E-state index in [9.17, 15) is 9.59 Å². The summed E-state index contributed by atoms with van der Waals surface area (Å²) in [7, 11) is 0. The van der Waals surface area contributed by atoms with Crippen LogP contribution in [0.1, 0.15) is 33.4 Å². The van der Waals surface area contributed by atoms with E-state index < -0.39 is 11.3 Å². The van der Waals surface area contributed by atoms with Gasteiger partial charge in [0.25, 0.3) is 0 Å². The van der Waals surface area contributed by atoms with Crippen molar-refractivity contribution in [3.8, 4) is 0 Å². The van der Waals surface area contributed by atoms with Gasteiger partial charge in [-0.2, -0.15) is 0 Å². The van der Waals surface area contributed by atoms with Crippen LogP contribution in [0.4, 0.5) is 4.79 Å². The van der Waals surface area contributed by atoms with Crippen molar-refractivity contribution in [2.45, 2.75) is 39.0 Å². The van der Waals surface area contributed by atoms with Crippen LogP contribution in [-0.4, -0.2) is 84.9 Å². The van der Waals surface area contributed by atoms with Gasteiger partial charge in [-0.3, -0.25) is 14.7 Å². The molecule has 33 heavy (non-hydrogen) atoms. The lowest BCUT2D eigenvalue weighted by molar-refractivity contribution is -0.241. The number of ether oxygens (including phenoxy) is 3. The third kappa shape index (κ3) is 6.89. The zero-order valence-corrected chi connectivity index (χ0v) is 20.7. The first-order valence-electron chi connectivity index (χ1n) is 11.2. The van der Waals surface area contributed by atoms with Gasteiger partial charge in [0.2, 0.25) is 11.7 Å². The van der Waals surface area contributed by atoms with Gasteiger partial charge in [0, 0.05) is 45.6 Å². The van der Waals surface area contributed by atoms with Gasteiger partial charge in [-0.25, -0.2) is 4.79 Å². The van der Waals surface area contributed by atoms with Gasteiger partial charge in [0.15, 0.2) is 0 Å². The molecule has 2 amide bonds. The Labute approximate surface area is 201 Å². The first kappa shape index (κ1) is 27.0. The summed E-state index contributed by atoms with van der Waals surface area (Å²) in [5.41, 5.74) is -0.283. The Hall–Kier alpha value is -2.20. The first-order chi connectivity index (χ1) is 15.7. The highest BCUT2D eigenvalue weighted by Gasteiger charge is 2.41. The average molecular weight is 483 g/mol. The summed E-state index contributed by atoms with van der Waals surface area (Å²) in [6.07, 6.45) is 2.69. The van der Waals surface area contributed by atoms with E-state index in [1.54, 1.807) is 17.0 Å². The number of amides is 2. The third-order valence-electron chi connectivity index (χ3n) is 5.56. The van der Waals surface area contributed by atoms with E-state index >= 15 is 0 Å². The summed E-state index contributed by atoms with van der Waals surface area (Å²) in [6, 6.07) is 3.44. The van der Waals surface area contributed by atoms with Gasteiger partial charge >= 0.3 is 6.09 Å². The van der Waals surface area contributed by atoms with Crippen molar-refractivity contribution in [3.63, 3.8) is 0 Å². The molecule has 184 valence electrons. The minimum absolute atomic E-state index is 0.0828. The summed E-state index contributed by atoms with van der Waals surface area (Å²) in [4.78, 5) is 33.3. The van der Waals surface area contributed by atoms with E-state index in [0.29, 0.717) is 50.1 Å². The molecule has 0 unspecified atom stereocenters. The van der Waals surface area contributed by atoms with Crippen LogP contribution in [0.15, 0.2) is 31.0 Å². The van der Waals surface area contributed by atoms with Crippen molar-refractivity contribution in [3.05, 3.63) is 41.7 Å². The van der Waals surface area contributed by atoms with Crippen molar-refractivity contribution in [2.24, 2.45) is 0 Å². The lowest BCUT2D eigenvalue weighted by Gasteiger charge is -2.43. The summed E-state index contributed by atoms with van der Waals surface area (Å²) >= 11 is 5.99. The summed E-state index contributed by atoms with van der Waals surface area (Å²) in [5.74, 6) is -1.41. The number of rotatable bonds is 11. The molecule has 0 aromatic carbocycles. The van der Waals surface area contributed by atoms with Gasteiger partial charge in [0.1, 0.15) is 12.3 Å². The molecule has 1 aromatic rings. The molecule has 0 aliphatic carbocycles. The van der Waals surface area contributed by atoms with E-state index in [4.69, 9.17) is 25.8 Å². The van der Waals surface area contributed by atoms with Crippen molar-refractivity contribution in [2.75, 3.05) is 52.5 Å². The van der Waals surface area contributed by atoms with Crippen molar-refractivity contribution >= 4 is 23.6 Å². The van der Waals surface area contributed by atoms with Gasteiger partial charge in [0.05, 0.1) is 17.1 Å². The minimum atomic E-state index is -1.23. The highest BCUT2D eigenvalue weighted by molar-refractivity contribution is 6.30. The molecule has 1 fully saturated rings. The fraction of sp³-hybridized carbons (Fsp3) is 0.609. The largest absolute Gasteiger partial charge is 0.445 e. The monoisotopic (exact) mass is 482 g/mol. The smallest absolute Gasteiger partial charge is 0.410 e. The van der Waals surface area contributed by atoms with Gasteiger partial charge in [-0.15, -0.1) is 0 Å². The molecule has 0 saturated carbocycles. The first-order valence-corrected chi connectivity index (χ1v) is 11.5. The number of piperazine rings is 1. The van der Waals surface area contributed by atoms with Crippen molar-refractivity contribution in [1.29, 1.82) is 0 Å². The highest BCUT2D eigenvalue weighted by Crippen LogP contribution is 2.27. The standard InChI is InChI=1S/C23H35ClN4O5/c1-6-15-31-21(30)27-11-13-28(14-12-27)22(4,5)20(29)26-17-23(32-7-2,33-8-3)19-10-9-18(24)16-25-19/h6,9-10,16H,1,7-8,11-15,17H2,2-5H3,(H,26,29). The molecule has 1 aliphatic heterocycles. The minimum Gasteiger partial charge on any atom is -0.445 e. The second-order valence-corrected chi connectivity index (χ2v) is 8.50. The lowest BCUT2D eigenvalue weighted by Crippen LogP contribution is -2.62. The van der Waals surface area contributed by atoms with Crippen LogP contribution in [0, 0.1) is 0 Å². The molecule has 0 spiro atoms. The molecular formula is C23H35ClN4O5. The normalized spacial score (nSPS) is 15.2. The van der Waals surface area contributed by atoms with Crippen LogP contribution < -0.4 is 5.32 Å². The van der Waals surface area contributed by atoms with Crippen LogP contribution >= 0.6 is 11.6 Å². The average Bonchev–Trinajstić information content (AvgIpc) is 2.81.